The molecule has 0 rings (SSSR count). The SMILES string of the molecule is CCCC(=O)[O-].CCCC(=O)[O-].CCCC[NH+](C)CCCC.CC[N+](C)(C)C. The first-order chi connectivity index (χ1) is 12.9. The van der Waals surface area contributed by atoms with Crippen molar-refractivity contribution in [3.8, 4) is 0 Å². The summed E-state index contributed by atoms with van der Waals surface area (Å²) in [6, 6.07) is 0. The second-order valence-corrected chi connectivity index (χ2v) is 8.01. The first-order valence-electron chi connectivity index (χ1n) is 10.9. The van der Waals surface area contributed by atoms with E-state index in [1.165, 1.54) is 45.3 Å². The van der Waals surface area contributed by atoms with Gasteiger partial charge in [0.05, 0.1) is 47.8 Å². The Kier molecular flexibility index (Phi) is 31.7. The molecule has 6 nitrogen and oxygen atoms in total. The summed E-state index contributed by atoms with van der Waals surface area (Å²) in [5, 5.41) is 19.0. The number of aliphatic carboxylic acids is 2. The number of hydrogen-bond acceptors (Lipinski definition) is 4. The zero-order valence-electron chi connectivity index (χ0n) is 20.4. The molecule has 0 aromatic rings. The van der Waals surface area contributed by atoms with Crippen molar-refractivity contribution in [1.82, 2.24) is 0 Å². The third-order valence-corrected chi connectivity index (χ3v) is 3.77. The number of rotatable bonds is 11. The summed E-state index contributed by atoms with van der Waals surface area (Å²) in [6.45, 7) is 14.2. The Hall–Kier alpha value is -1.14. The average Bonchev–Trinajstić information content (AvgIpc) is 2.59. The molecule has 0 radical (unpaired) electrons. The maximum absolute atomic E-state index is 9.49. The van der Waals surface area contributed by atoms with Gasteiger partial charge in [0.25, 0.3) is 0 Å². The van der Waals surface area contributed by atoms with Gasteiger partial charge in [-0.05, 0) is 32.6 Å². The Bertz CT molecular complexity index is 305. The van der Waals surface area contributed by atoms with Crippen LogP contribution in [0.3, 0.4) is 0 Å². The van der Waals surface area contributed by atoms with Crippen LogP contribution < -0.4 is 15.1 Å². The Morgan fingerprint density at radius 1 is 0.714 bits per heavy atom. The number of quaternary nitrogens is 2. The van der Waals surface area contributed by atoms with E-state index in [4.69, 9.17) is 0 Å². The fraction of sp³-hybridized carbons (Fsp3) is 0.909. The van der Waals surface area contributed by atoms with Crippen LogP contribution in [0.2, 0.25) is 0 Å². The van der Waals surface area contributed by atoms with Crippen LogP contribution in [0.4, 0.5) is 0 Å². The first kappa shape index (κ1) is 34.4. The largest absolute Gasteiger partial charge is 0.550 e. The molecule has 6 heteroatoms. The molecule has 0 saturated heterocycles. The lowest BCUT2D eigenvalue weighted by Crippen LogP contribution is -3.08. The van der Waals surface area contributed by atoms with Gasteiger partial charge in [-0.3, -0.25) is 0 Å². The first-order valence-corrected chi connectivity index (χ1v) is 10.9. The van der Waals surface area contributed by atoms with E-state index in [1.54, 1.807) is 18.7 Å². The van der Waals surface area contributed by atoms with Crippen molar-refractivity contribution < 1.29 is 29.2 Å². The third-order valence-electron chi connectivity index (χ3n) is 3.77. The minimum absolute atomic E-state index is 0.181. The molecule has 0 unspecified atom stereocenters. The van der Waals surface area contributed by atoms with E-state index in [-0.39, 0.29) is 12.8 Å². The van der Waals surface area contributed by atoms with Gasteiger partial charge in [-0.15, -0.1) is 0 Å². The fourth-order valence-electron chi connectivity index (χ4n) is 1.49. The monoisotopic (exact) mass is 406 g/mol. The van der Waals surface area contributed by atoms with Gasteiger partial charge in [0.2, 0.25) is 0 Å². The minimum Gasteiger partial charge on any atom is -0.550 e. The topological polar surface area (TPSA) is 84.7 Å². The molecule has 0 heterocycles. The van der Waals surface area contributed by atoms with E-state index < -0.39 is 11.9 Å². The van der Waals surface area contributed by atoms with Gasteiger partial charge in [0.1, 0.15) is 0 Å². The van der Waals surface area contributed by atoms with E-state index in [2.05, 4.69) is 49.0 Å². The predicted octanol–water partition coefficient (Wildman–Crippen LogP) is 0.887. The zero-order valence-corrected chi connectivity index (χ0v) is 20.4. The van der Waals surface area contributed by atoms with Crippen LogP contribution in [0, 0.1) is 0 Å². The van der Waals surface area contributed by atoms with Crippen LogP contribution in [0.1, 0.15) is 86.0 Å². The number of carbonyl (C=O) groups is 2. The zero-order chi connectivity index (χ0) is 23.0. The van der Waals surface area contributed by atoms with Gasteiger partial charge in [-0.2, -0.15) is 0 Å². The molecule has 0 saturated carbocycles. The quantitative estimate of drug-likeness (QED) is 0.516. The number of unbranched alkanes of at least 4 members (excludes halogenated alkanes) is 2. The number of nitrogens with zero attached hydrogens (tertiary/aromatic N) is 1. The van der Waals surface area contributed by atoms with Crippen LogP contribution in [0.5, 0.6) is 0 Å². The summed E-state index contributed by atoms with van der Waals surface area (Å²) in [5.41, 5.74) is 0. The van der Waals surface area contributed by atoms with Crippen molar-refractivity contribution in [3.05, 3.63) is 0 Å². The highest BCUT2D eigenvalue weighted by Crippen LogP contribution is 1.84. The van der Waals surface area contributed by atoms with Gasteiger partial charge in [-0.1, -0.05) is 53.4 Å². The minimum atomic E-state index is -0.961. The number of hydrogen-bond donors (Lipinski definition) is 1. The summed E-state index contributed by atoms with van der Waals surface area (Å²) in [5.74, 6) is -1.92. The van der Waals surface area contributed by atoms with Crippen molar-refractivity contribution in [3.63, 3.8) is 0 Å². The molecule has 0 aliphatic rings. The number of carboxylic acids is 2. The average molecular weight is 407 g/mol. The smallest absolute Gasteiger partial charge is 0.0768 e. The summed E-state index contributed by atoms with van der Waals surface area (Å²) < 4.78 is 1.07. The molecule has 172 valence electrons. The summed E-state index contributed by atoms with van der Waals surface area (Å²) in [4.78, 5) is 20.7. The van der Waals surface area contributed by atoms with Crippen LogP contribution in [-0.2, 0) is 9.59 Å². The Morgan fingerprint density at radius 3 is 1.11 bits per heavy atom. The Morgan fingerprint density at radius 2 is 1.00 bits per heavy atom. The predicted molar refractivity (Wildman–Crippen MR) is 115 cm³/mol. The molecule has 0 aliphatic carbocycles. The lowest BCUT2D eigenvalue weighted by molar-refractivity contribution is -0.880. The highest BCUT2D eigenvalue weighted by Gasteiger charge is 1.98. The van der Waals surface area contributed by atoms with E-state index >= 15 is 0 Å². The van der Waals surface area contributed by atoms with Gasteiger partial charge < -0.3 is 29.2 Å². The molecule has 0 aliphatic heterocycles. The molecular formula is C22H50N2O4. The number of carboxylic acid groups (broad SMARTS) is 2. The Balaban J connectivity index is -0.000000142. The molecule has 0 aromatic carbocycles. The van der Waals surface area contributed by atoms with Crippen molar-refractivity contribution in [1.29, 1.82) is 0 Å². The van der Waals surface area contributed by atoms with Gasteiger partial charge in [0.15, 0.2) is 0 Å². The van der Waals surface area contributed by atoms with E-state index in [9.17, 15) is 19.8 Å². The molecule has 0 aromatic heterocycles. The molecular weight excluding hydrogens is 356 g/mol. The van der Waals surface area contributed by atoms with Crippen molar-refractivity contribution in [2.24, 2.45) is 0 Å². The fourth-order valence-corrected chi connectivity index (χ4v) is 1.49. The second kappa shape index (κ2) is 25.9. The van der Waals surface area contributed by atoms with Crippen LogP contribution >= 0.6 is 0 Å². The molecule has 0 spiro atoms. The van der Waals surface area contributed by atoms with Gasteiger partial charge in [0, 0.05) is 11.9 Å². The molecule has 0 bridgehead atoms. The van der Waals surface area contributed by atoms with Gasteiger partial charge in [-0.25, -0.2) is 0 Å². The molecule has 28 heavy (non-hydrogen) atoms. The van der Waals surface area contributed by atoms with Gasteiger partial charge >= 0.3 is 0 Å². The highest BCUT2D eigenvalue weighted by molar-refractivity contribution is 5.64. The van der Waals surface area contributed by atoms with E-state index in [0.29, 0.717) is 12.8 Å². The summed E-state index contributed by atoms with van der Waals surface area (Å²) in [6.07, 6.45) is 7.14. The lowest BCUT2D eigenvalue weighted by Gasteiger charge is -2.20. The van der Waals surface area contributed by atoms with Crippen LogP contribution in [0.15, 0.2) is 0 Å². The van der Waals surface area contributed by atoms with Crippen molar-refractivity contribution in [2.75, 3.05) is 47.8 Å². The van der Waals surface area contributed by atoms with Crippen molar-refractivity contribution in [2.45, 2.75) is 86.0 Å². The second-order valence-electron chi connectivity index (χ2n) is 8.01. The normalized spacial score (nSPS) is 9.93. The molecule has 1 N–H and O–H groups in total. The maximum atomic E-state index is 9.49. The Labute approximate surface area is 175 Å². The van der Waals surface area contributed by atoms with E-state index in [0.717, 1.165) is 4.48 Å². The highest BCUT2D eigenvalue weighted by atomic mass is 16.4. The van der Waals surface area contributed by atoms with E-state index in [1.807, 2.05) is 0 Å². The number of carbonyl (C=O) groups excluding carboxylic acids is 2. The maximum Gasteiger partial charge on any atom is 0.0768 e. The summed E-state index contributed by atoms with van der Waals surface area (Å²) in [7, 11) is 8.84. The lowest BCUT2D eigenvalue weighted by atomic mass is 10.3. The van der Waals surface area contributed by atoms with Crippen LogP contribution in [0.25, 0.3) is 0 Å². The van der Waals surface area contributed by atoms with Crippen LogP contribution in [-0.4, -0.2) is 64.2 Å². The standard InChI is InChI=1S/C9H21N.C5H14N.2C4H8O2/c1-4-6-8-10(3)9-7-5-2;1-5-6(2,3)4;2*1-2-3-4(5)6/h4-9H2,1-3H3;5H2,1-4H3;2*2-3H2,1H3,(H,5,6)/q;+1;;/p-1. The summed E-state index contributed by atoms with van der Waals surface area (Å²) >= 11 is 0. The number of nitrogens with one attached hydrogen (secondary N) is 1. The molecule has 0 amide bonds. The molecule has 0 fully saturated rings. The van der Waals surface area contributed by atoms with Crippen molar-refractivity contribution >= 4 is 11.9 Å². The third kappa shape index (κ3) is 56.3. The molecule has 0 atom stereocenters.